The number of anilines is 1. The Morgan fingerprint density at radius 1 is 1.17 bits per heavy atom. The zero-order valence-electron chi connectivity index (χ0n) is 11.5. The molecule has 1 fully saturated rings. The van der Waals surface area contributed by atoms with E-state index in [1.54, 1.807) is 0 Å². The van der Waals surface area contributed by atoms with Crippen molar-refractivity contribution < 1.29 is 5.11 Å². The van der Waals surface area contributed by atoms with Crippen LogP contribution in [0.5, 0.6) is 0 Å². The summed E-state index contributed by atoms with van der Waals surface area (Å²) < 4.78 is 0. The van der Waals surface area contributed by atoms with E-state index in [1.807, 2.05) is 0 Å². The molecule has 1 N–H and O–H groups in total. The van der Waals surface area contributed by atoms with E-state index in [9.17, 15) is 0 Å². The molecule has 0 bridgehead atoms. The second kappa shape index (κ2) is 6.21. The van der Waals surface area contributed by atoms with Crippen LogP contribution in [0.1, 0.15) is 19.4 Å². The number of hydrogen-bond acceptors (Lipinski definition) is 3. The Bertz CT molecular complexity index is 371. The van der Waals surface area contributed by atoms with Gasteiger partial charge in [0, 0.05) is 44.5 Å². The van der Waals surface area contributed by atoms with Gasteiger partial charge in [0.2, 0.25) is 0 Å². The van der Waals surface area contributed by atoms with Crippen molar-refractivity contribution in [2.24, 2.45) is 0 Å². The molecular formula is C15H24N2O. The van der Waals surface area contributed by atoms with E-state index in [0.717, 1.165) is 32.6 Å². The van der Waals surface area contributed by atoms with Crippen LogP contribution in [0.15, 0.2) is 24.3 Å². The first kappa shape index (κ1) is 13.4. The van der Waals surface area contributed by atoms with Gasteiger partial charge in [0.25, 0.3) is 0 Å². The van der Waals surface area contributed by atoms with Crippen LogP contribution >= 0.6 is 0 Å². The smallest absolute Gasteiger partial charge is 0.0471 e. The number of hydrogen-bond donors (Lipinski definition) is 1. The fourth-order valence-corrected chi connectivity index (χ4v) is 2.53. The monoisotopic (exact) mass is 248 g/mol. The molecule has 3 nitrogen and oxygen atoms in total. The molecule has 0 aliphatic carbocycles. The molecule has 0 atom stereocenters. The van der Waals surface area contributed by atoms with Gasteiger partial charge in [-0.3, -0.25) is 4.90 Å². The van der Waals surface area contributed by atoms with Gasteiger partial charge in [-0.05, 0) is 38.0 Å². The molecule has 1 aliphatic heterocycles. The summed E-state index contributed by atoms with van der Waals surface area (Å²) in [5.41, 5.74) is 2.52. The Morgan fingerprint density at radius 3 is 2.50 bits per heavy atom. The minimum Gasteiger partial charge on any atom is -0.396 e. The molecule has 3 heteroatoms. The summed E-state index contributed by atoms with van der Waals surface area (Å²) in [6, 6.07) is 9.21. The standard InChI is InChI=1S/C15H24N2O/c1-13(2)16-7-9-17(10-8-16)15-5-3-4-14(12-15)6-11-18/h3-5,12-13,18H,6-11H2,1-2H3. The molecule has 0 spiro atoms. The summed E-state index contributed by atoms with van der Waals surface area (Å²) in [5, 5.41) is 9.00. The molecule has 0 amide bonds. The van der Waals surface area contributed by atoms with Gasteiger partial charge >= 0.3 is 0 Å². The Morgan fingerprint density at radius 2 is 1.89 bits per heavy atom. The molecule has 100 valence electrons. The van der Waals surface area contributed by atoms with E-state index < -0.39 is 0 Å². The van der Waals surface area contributed by atoms with Gasteiger partial charge < -0.3 is 10.0 Å². The molecule has 1 aromatic rings. The summed E-state index contributed by atoms with van der Waals surface area (Å²) in [7, 11) is 0. The lowest BCUT2D eigenvalue weighted by atomic mass is 10.1. The first-order chi connectivity index (χ1) is 8.70. The minimum absolute atomic E-state index is 0.227. The summed E-state index contributed by atoms with van der Waals surface area (Å²) in [5.74, 6) is 0. The highest BCUT2D eigenvalue weighted by molar-refractivity contribution is 5.49. The molecule has 0 aromatic heterocycles. The Balaban J connectivity index is 1.98. The topological polar surface area (TPSA) is 26.7 Å². The first-order valence-electron chi connectivity index (χ1n) is 6.89. The first-order valence-corrected chi connectivity index (χ1v) is 6.89. The van der Waals surface area contributed by atoms with E-state index in [0.29, 0.717) is 6.04 Å². The van der Waals surface area contributed by atoms with Gasteiger partial charge in [0.05, 0.1) is 0 Å². The Kier molecular flexibility index (Phi) is 4.61. The number of rotatable bonds is 4. The van der Waals surface area contributed by atoms with Gasteiger partial charge in [-0.1, -0.05) is 12.1 Å². The van der Waals surface area contributed by atoms with Gasteiger partial charge in [-0.25, -0.2) is 0 Å². The average Bonchev–Trinajstić information content (AvgIpc) is 2.39. The fourth-order valence-electron chi connectivity index (χ4n) is 2.53. The predicted octanol–water partition coefficient (Wildman–Crippen LogP) is 1.75. The zero-order valence-corrected chi connectivity index (χ0v) is 11.5. The second-order valence-electron chi connectivity index (χ2n) is 5.26. The van der Waals surface area contributed by atoms with Gasteiger partial charge in [0.15, 0.2) is 0 Å². The third kappa shape index (κ3) is 3.24. The van der Waals surface area contributed by atoms with E-state index in [1.165, 1.54) is 11.3 Å². The van der Waals surface area contributed by atoms with Crippen LogP contribution in [-0.4, -0.2) is 48.8 Å². The van der Waals surface area contributed by atoms with Crippen molar-refractivity contribution in [3.63, 3.8) is 0 Å². The molecule has 0 unspecified atom stereocenters. The van der Waals surface area contributed by atoms with Crippen molar-refractivity contribution in [1.29, 1.82) is 0 Å². The maximum Gasteiger partial charge on any atom is 0.0471 e. The maximum absolute atomic E-state index is 9.00. The van der Waals surface area contributed by atoms with Crippen LogP contribution in [0, 0.1) is 0 Å². The number of aliphatic hydroxyl groups is 1. The molecule has 2 rings (SSSR count). The fraction of sp³-hybridized carbons (Fsp3) is 0.600. The van der Waals surface area contributed by atoms with Crippen molar-refractivity contribution in [3.05, 3.63) is 29.8 Å². The van der Waals surface area contributed by atoms with Crippen molar-refractivity contribution in [2.45, 2.75) is 26.3 Å². The van der Waals surface area contributed by atoms with Crippen molar-refractivity contribution >= 4 is 5.69 Å². The van der Waals surface area contributed by atoms with Gasteiger partial charge in [0.1, 0.15) is 0 Å². The lowest BCUT2D eigenvalue weighted by molar-refractivity contribution is 0.209. The summed E-state index contributed by atoms with van der Waals surface area (Å²) in [6.07, 6.45) is 0.750. The lowest BCUT2D eigenvalue weighted by Gasteiger charge is -2.38. The van der Waals surface area contributed by atoms with Crippen LogP contribution < -0.4 is 4.90 Å². The normalized spacial score (nSPS) is 17.4. The van der Waals surface area contributed by atoms with Crippen molar-refractivity contribution in [1.82, 2.24) is 4.90 Å². The third-order valence-corrected chi connectivity index (χ3v) is 3.72. The lowest BCUT2D eigenvalue weighted by Crippen LogP contribution is -2.48. The summed E-state index contributed by atoms with van der Waals surface area (Å²) in [4.78, 5) is 4.97. The number of nitrogens with zero attached hydrogens (tertiary/aromatic N) is 2. The Hall–Kier alpha value is -1.06. The molecular weight excluding hydrogens is 224 g/mol. The number of benzene rings is 1. The van der Waals surface area contributed by atoms with Crippen LogP contribution in [0.4, 0.5) is 5.69 Å². The highest BCUT2D eigenvalue weighted by Gasteiger charge is 2.18. The summed E-state index contributed by atoms with van der Waals surface area (Å²) in [6.45, 7) is 9.23. The highest BCUT2D eigenvalue weighted by atomic mass is 16.2. The maximum atomic E-state index is 9.00. The number of piperazine rings is 1. The largest absolute Gasteiger partial charge is 0.396 e. The molecule has 1 aromatic carbocycles. The van der Waals surface area contributed by atoms with E-state index in [2.05, 4.69) is 47.9 Å². The predicted molar refractivity (Wildman–Crippen MR) is 76.2 cm³/mol. The zero-order chi connectivity index (χ0) is 13.0. The van der Waals surface area contributed by atoms with Crippen LogP contribution in [0.2, 0.25) is 0 Å². The van der Waals surface area contributed by atoms with Crippen LogP contribution in [0.25, 0.3) is 0 Å². The molecule has 1 heterocycles. The van der Waals surface area contributed by atoms with Gasteiger partial charge in [-0.2, -0.15) is 0 Å². The van der Waals surface area contributed by atoms with E-state index >= 15 is 0 Å². The molecule has 0 saturated carbocycles. The van der Waals surface area contributed by atoms with Crippen LogP contribution in [0.3, 0.4) is 0 Å². The summed E-state index contributed by atoms with van der Waals surface area (Å²) >= 11 is 0. The third-order valence-electron chi connectivity index (χ3n) is 3.72. The van der Waals surface area contributed by atoms with Crippen molar-refractivity contribution in [3.8, 4) is 0 Å². The van der Waals surface area contributed by atoms with E-state index in [-0.39, 0.29) is 6.61 Å². The van der Waals surface area contributed by atoms with Crippen molar-refractivity contribution in [2.75, 3.05) is 37.7 Å². The molecule has 0 radical (unpaired) electrons. The highest BCUT2D eigenvalue weighted by Crippen LogP contribution is 2.19. The minimum atomic E-state index is 0.227. The van der Waals surface area contributed by atoms with Crippen LogP contribution in [-0.2, 0) is 6.42 Å². The molecule has 1 aliphatic rings. The molecule has 18 heavy (non-hydrogen) atoms. The molecule has 1 saturated heterocycles. The average molecular weight is 248 g/mol. The second-order valence-corrected chi connectivity index (χ2v) is 5.26. The van der Waals surface area contributed by atoms with E-state index in [4.69, 9.17) is 5.11 Å². The number of aliphatic hydroxyl groups excluding tert-OH is 1. The van der Waals surface area contributed by atoms with Gasteiger partial charge in [-0.15, -0.1) is 0 Å². The SMILES string of the molecule is CC(C)N1CCN(c2cccc(CCO)c2)CC1. The Labute approximate surface area is 110 Å². The quantitative estimate of drug-likeness (QED) is 0.879.